The second kappa shape index (κ2) is 5.42. The molecule has 0 unspecified atom stereocenters. The van der Waals surface area contributed by atoms with E-state index in [4.69, 9.17) is 0 Å². The topological polar surface area (TPSA) is 15.8 Å². The highest BCUT2D eigenvalue weighted by Gasteiger charge is 1.80. The van der Waals surface area contributed by atoms with Gasteiger partial charge in [0, 0.05) is 11.5 Å². The van der Waals surface area contributed by atoms with Gasteiger partial charge in [-0.25, -0.2) is 0 Å². The van der Waals surface area contributed by atoms with E-state index in [1.165, 1.54) is 0 Å². The Morgan fingerprint density at radius 2 is 2.08 bits per heavy atom. The molecule has 0 amide bonds. The molecule has 0 radical (unpaired) electrons. The van der Waals surface area contributed by atoms with Crippen LogP contribution < -0.4 is 10.6 Å². The Morgan fingerprint density at radius 1 is 1.50 bits per heavy atom. The molecule has 1 aromatic rings. The molecule has 66 valence electrons. The monoisotopic (exact) mass is 163 g/mol. The summed E-state index contributed by atoms with van der Waals surface area (Å²) >= 11 is 0. The third-order valence-electron chi connectivity index (χ3n) is 1.26. The Balaban J connectivity index is 0.000000561. The van der Waals surface area contributed by atoms with E-state index in [1.807, 2.05) is 39.1 Å². The standard InChI is InChI=1S/C9H11N.C2H6/c1-7(2)6-9-8(3)4-5-10-9;1-2/h4-6,10H,1,3H2,2H3;1-2H3/b9-6+;. The quantitative estimate of drug-likeness (QED) is 0.650. The molecule has 1 aromatic heterocycles. The van der Waals surface area contributed by atoms with Crippen LogP contribution in [0.1, 0.15) is 20.8 Å². The summed E-state index contributed by atoms with van der Waals surface area (Å²) in [5.74, 6) is 0. The Labute approximate surface area is 74.1 Å². The molecule has 0 fully saturated rings. The van der Waals surface area contributed by atoms with E-state index in [0.29, 0.717) is 0 Å². The van der Waals surface area contributed by atoms with Crippen molar-refractivity contribution in [1.29, 1.82) is 0 Å². The molecular weight excluding hydrogens is 146 g/mol. The van der Waals surface area contributed by atoms with Crippen molar-refractivity contribution in [3.05, 3.63) is 35.0 Å². The first-order chi connectivity index (χ1) is 5.70. The molecule has 0 spiro atoms. The number of allylic oxidation sites excluding steroid dienone is 1. The van der Waals surface area contributed by atoms with Crippen LogP contribution >= 0.6 is 0 Å². The zero-order valence-corrected chi connectivity index (χ0v) is 8.15. The Hall–Kier alpha value is -1.24. The van der Waals surface area contributed by atoms with Gasteiger partial charge in [-0.15, -0.1) is 0 Å². The van der Waals surface area contributed by atoms with Gasteiger partial charge in [0.15, 0.2) is 0 Å². The zero-order valence-electron chi connectivity index (χ0n) is 8.15. The molecule has 0 bridgehead atoms. The molecular formula is C11H17N. The summed E-state index contributed by atoms with van der Waals surface area (Å²) in [4.78, 5) is 3.06. The van der Waals surface area contributed by atoms with Crippen molar-refractivity contribution in [2.75, 3.05) is 0 Å². The maximum absolute atomic E-state index is 3.83. The molecule has 0 saturated carbocycles. The van der Waals surface area contributed by atoms with Crippen LogP contribution in [0.25, 0.3) is 12.7 Å². The van der Waals surface area contributed by atoms with Crippen LogP contribution in [0.15, 0.2) is 24.4 Å². The van der Waals surface area contributed by atoms with Crippen LogP contribution in [-0.4, -0.2) is 4.98 Å². The van der Waals surface area contributed by atoms with Crippen LogP contribution in [0, 0.1) is 0 Å². The summed E-state index contributed by atoms with van der Waals surface area (Å²) in [6.45, 7) is 13.6. The zero-order chi connectivity index (χ0) is 9.56. The summed E-state index contributed by atoms with van der Waals surface area (Å²) in [6.07, 6.45) is 3.85. The van der Waals surface area contributed by atoms with E-state index in [1.54, 1.807) is 0 Å². The molecule has 0 aliphatic heterocycles. The van der Waals surface area contributed by atoms with Gasteiger partial charge in [-0.2, -0.15) is 0 Å². The average molecular weight is 163 g/mol. The van der Waals surface area contributed by atoms with Gasteiger partial charge in [0.05, 0.1) is 0 Å². The number of aromatic nitrogens is 1. The van der Waals surface area contributed by atoms with Crippen molar-refractivity contribution in [2.45, 2.75) is 20.8 Å². The first kappa shape index (κ1) is 10.8. The summed E-state index contributed by atoms with van der Waals surface area (Å²) in [6, 6.07) is 1.94. The number of hydrogen-bond donors (Lipinski definition) is 1. The van der Waals surface area contributed by atoms with E-state index in [-0.39, 0.29) is 0 Å². The lowest BCUT2D eigenvalue weighted by molar-refractivity contribution is 1.31. The van der Waals surface area contributed by atoms with E-state index in [9.17, 15) is 0 Å². The first-order valence-electron chi connectivity index (χ1n) is 4.20. The molecule has 1 heterocycles. The summed E-state index contributed by atoms with van der Waals surface area (Å²) < 4.78 is 0. The van der Waals surface area contributed by atoms with E-state index in [0.717, 1.165) is 16.1 Å². The lowest BCUT2D eigenvalue weighted by atomic mass is 10.3. The third kappa shape index (κ3) is 3.24. The Kier molecular flexibility index (Phi) is 4.86. The van der Waals surface area contributed by atoms with E-state index < -0.39 is 0 Å². The van der Waals surface area contributed by atoms with Crippen molar-refractivity contribution in [3.8, 4) is 0 Å². The smallest absolute Gasteiger partial charge is 0.0450 e. The maximum atomic E-state index is 3.83. The van der Waals surface area contributed by atoms with Gasteiger partial charge in [0.2, 0.25) is 0 Å². The van der Waals surface area contributed by atoms with Crippen LogP contribution in [0.4, 0.5) is 0 Å². The molecule has 0 atom stereocenters. The lowest BCUT2D eigenvalue weighted by Gasteiger charge is -1.81. The third-order valence-corrected chi connectivity index (χ3v) is 1.26. The van der Waals surface area contributed by atoms with Gasteiger partial charge >= 0.3 is 0 Å². The number of hydrogen-bond acceptors (Lipinski definition) is 0. The number of nitrogens with one attached hydrogen (secondary N) is 1. The number of rotatable bonds is 1. The predicted molar refractivity (Wildman–Crippen MR) is 56.2 cm³/mol. The van der Waals surface area contributed by atoms with Crippen LogP contribution in [-0.2, 0) is 0 Å². The van der Waals surface area contributed by atoms with Crippen molar-refractivity contribution in [3.63, 3.8) is 0 Å². The fraction of sp³-hybridized carbons (Fsp3) is 0.273. The molecule has 1 nitrogen and oxygen atoms in total. The average Bonchev–Trinajstić information content (AvgIpc) is 2.40. The number of H-pyrrole nitrogens is 1. The van der Waals surface area contributed by atoms with Crippen molar-refractivity contribution >= 4 is 12.7 Å². The SMILES string of the molecule is C=C(C)/C=c1/[nH]ccc1=C.CC. The van der Waals surface area contributed by atoms with Crippen LogP contribution in [0.5, 0.6) is 0 Å². The second-order valence-corrected chi connectivity index (χ2v) is 2.41. The minimum atomic E-state index is 1.02. The van der Waals surface area contributed by atoms with Gasteiger partial charge in [-0.05, 0) is 24.3 Å². The van der Waals surface area contributed by atoms with Gasteiger partial charge in [-0.1, -0.05) is 32.6 Å². The second-order valence-electron chi connectivity index (χ2n) is 2.41. The van der Waals surface area contributed by atoms with Crippen LogP contribution in [0.2, 0.25) is 0 Å². The highest BCUT2D eigenvalue weighted by molar-refractivity contribution is 5.41. The molecule has 1 N–H and O–H groups in total. The van der Waals surface area contributed by atoms with Gasteiger partial charge in [0.25, 0.3) is 0 Å². The van der Waals surface area contributed by atoms with Gasteiger partial charge < -0.3 is 4.98 Å². The lowest BCUT2D eigenvalue weighted by Crippen LogP contribution is -2.19. The van der Waals surface area contributed by atoms with Crippen molar-refractivity contribution < 1.29 is 0 Å². The Bertz CT molecular complexity index is 330. The highest BCUT2D eigenvalue weighted by atomic mass is 14.6. The van der Waals surface area contributed by atoms with E-state index >= 15 is 0 Å². The Morgan fingerprint density at radius 3 is 2.42 bits per heavy atom. The molecule has 0 saturated heterocycles. The summed E-state index contributed by atoms with van der Waals surface area (Å²) in [5.41, 5.74) is 1.03. The predicted octanol–water partition coefficient (Wildman–Crippen LogP) is 1.81. The normalized spacial score (nSPS) is 10.4. The molecule has 1 heteroatoms. The minimum Gasteiger partial charge on any atom is -0.361 e. The molecule has 0 aliphatic rings. The summed E-state index contributed by atoms with van der Waals surface area (Å²) in [5, 5.41) is 2.07. The molecule has 0 aromatic carbocycles. The summed E-state index contributed by atoms with van der Waals surface area (Å²) in [7, 11) is 0. The number of aromatic amines is 1. The fourth-order valence-corrected chi connectivity index (χ4v) is 0.795. The first-order valence-corrected chi connectivity index (χ1v) is 4.20. The van der Waals surface area contributed by atoms with Gasteiger partial charge in [-0.3, -0.25) is 0 Å². The van der Waals surface area contributed by atoms with Crippen LogP contribution in [0.3, 0.4) is 0 Å². The largest absolute Gasteiger partial charge is 0.361 e. The molecule has 1 rings (SSSR count). The van der Waals surface area contributed by atoms with Crippen molar-refractivity contribution in [2.24, 2.45) is 0 Å². The van der Waals surface area contributed by atoms with Gasteiger partial charge in [0.1, 0.15) is 0 Å². The molecule has 0 aliphatic carbocycles. The highest BCUT2D eigenvalue weighted by Crippen LogP contribution is 1.83. The minimum absolute atomic E-state index is 1.02. The van der Waals surface area contributed by atoms with Crippen molar-refractivity contribution in [1.82, 2.24) is 4.98 Å². The fourth-order valence-electron chi connectivity index (χ4n) is 0.795. The van der Waals surface area contributed by atoms with E-state index in [2.05, 4.69) is 18.1 Å². The maximum Gasteiger partial charge on any atom is 0.0450 e. The molecule has 12 heavy (non-hydrogen) atoms.